The van der Waals surface area contributed by atoms with Crippen molar-refractivity contribution in [1.82, 2.24) is 4.90 Å². The molecule has 1 amide bonds. The molecule has 0 radical (unpaired) electrons. The van der Waals surface area contributed by atoms with Crippen LogP contribution < -0.4 is 5.73 Å². The Morgan fingerprint density at radius 1 is 1.65 bits per heavy atom. The molecule has 0 aliphatic heterocycles. The van der Waals surface area contributed by atoms with Crippen molar-refractivity contribution in [2.24, 2.45) is 0 Å². The molecule has 0 saturated heterocycles. The van der Waals surface area contributed by atoms with Gasteiger partial charge in [-0.05, 0) is 35.0 Å². The number of halogens is 2. The van der Waals surface area contributed by atoms with Gasteiger partial charge in [-0.15, -0.1) is 6.42 Å². The summed E-state index contributed by atoms with van der Waals surface area (Å²) < 4.78 is 13.5. The van der Waals surface area contributed by atoms with Gasteiger partial charge in [0.05, 0.1) is 17.8 Å². The molecule has 0 heterocycles. The third-order valence-corrected chi connectivity index (χ3v) is 2.92. The zero-order valence-electron chi connectivity index (χ0n) is 9.34. The fraction of sp³-hybridized carbons (Fsp3) is 0.250. The van der Waals surface area contributed by atoms with Crippen LogP contribution in [0, 0.1) is 18.2 Å². The number of nitrogens with two attached hydrogens (primary N) is 1. The van der Waals surface area contributed by atoms with E-state index in [0.29, 0.717) is 16.6 Å². The standard InChI is InChI=1S/C12H12BrFN2O/c1-3-5-16(4-2)12(17)8-6-11(15)10(14)7-9(8)13/h1,6-7H,4-5,15H2,2H3. The number of hydrogen-bond acceptors (Lipinski definition) is 2. The van der Waals surface area contributed by atoms with E-state index in [1.54, 1.807) is 0 Å². The monoisotopic (exact) mass is 298 g/mol. The summed E-state index contributed by atoms with van der Waals surface area (Å²) in [6.45, 7) is 2.50. The van der Waals surface area contributed by atoms with E-state index in [2.05, 4.69) is 21.9 Å². The Morgan fingerprint density at radius 3 is 2.82 bits per heavy atom. The largest absolute Gasteiger partial charge is 0.396 e. The Bertz CT molecular complexity index is 482. The van der Waals surface area contributed by atoms with Crippen molar-refractivity contribution < 1.29 is 9.18 Å². The number of anilines is 1. The molecule has 0 aliphatic carbocycles. The number of nitrogen functional groups attached to an aromatic ring is 1. The Balaban J connectivity index is 3.12. The minimum Gasteiger partial charge on any atom is -0.396 e. The van der Waals surface area contributed by atoms with Crippen LogP contribution in [-0.2, 0) is 0 Å². The van der Waals surface area contributed by atoms with Crippen molar-refractivity contribution in [3.8, 4) is 12.3 Å². The molecule has 5 heteroatoms. The zero-order chi connectivity index (χ0) is 13.0. The lowest BCUT2D eigenvalue weighted by Crippen LogP contribution is -2.31. The van der Waals surface area contributed by atoms with Gasteiger partial charge < -0.3 is 10.6 Å². The van der Waals surface area contributed by atoms with Gasteiger partial charge in [-0.1, -0.05) is 5.92 Å². The van der Waals surface area contributed by atoms with Crippen LogP contribution in [0.1, 0.15) is 17.3 Å². The predicted molar refractivity (Wildman–Crippen MR) is 68.9 cm³/mol. The van der Waals surface area contributed by atoms with E-state index in [4.69, 9.17) is 12.2 Å². The van der Waals surface area contributed by atoms with E-state index in [1.807, 2.05) is 6.92 Å². The van der Waals surface area contributed by atoms with E-state index in [1.165, 1.54) is 17.0 Å². The van der Waals surface area contributed by atoms with Crippen molar-refractivity contribution >= 4 is 27.5 Å². The summed E-state index contributed by atoms with van der Waals surface area (Å²) in [6, 6.07) is 2.48. The van der Waals surface area contributed by atoms with Crippen LogP contribution >= 0.6 is 15.9 Å². The fourth-order valence-corrected chi connectivity index (χ4v) is 1.82. The van der Waals surface area contributed by atoms with Crippen LogP contribution in [0.2, 0.25) is 0 Å². The molecule has 0 fully saturated rings. The van der Waals surface area contributed by atoms with E-state index in [0.717, 1.165) is 0 Å². The minimum atomic E-state index is -0.562. The summed E-state index contributed by atoms with van der Waals surface area (Å²) >= 11 is 3.14. The molecule has 0 spiro atoms. The topological polar surface area (TPSA) is 46.3 Å². The lowest BCUT2D eigenvalue weighted by molar-refractivity contribution is 0.0784. The van der Waals surface area contributed by atoms with Gasteiger partial charge >= 0.3 is 0 Å². The lowest BCUT2D eigenvalue weighted by Gasteiger charge is -2.19. The van der Waals surface area contributed by atoms with Gasteiger partial charge in [0, 0.05) is 11.0 Å². The predicted octanol–water partition coefficient (Wildman–Crippen LogP) is 2.27. The maximum atomic E-state index is 13.1. The van der Waals surface area contributed by atoms with Crippen molar-refractivity contribution in [3.05, 3.63) is 28.0 Å². The number of carbonyl (C=O) groups excluding carboxylic acids is 1. The zero-order valence-corrected chi connectivity index (χ0v) is 10.9. The number of carbonyl (C=O) groups is 1. The van der Waals surface area contributed by atoms with E-state index < -0.39 is 5.82 Å². The highest BCUT2D eigenvalue weighted by Crippen LogP contribution is 2.24. The molecule has 17 heavy (non-hydrogen) atoms. The van der Waals surface area contributed by atoms with Crippen LogP contribution in [0.5, 0.6) is 0 Å². The summed E-state index contributed by atoms with van der Waals surface area (Å²) in [5.41, 5.74) is 5.68. The second kappa shape index (κ2) is 5.69. The molecular weight excluding hydrogens is 287 g/mol. The lowest BCUT2D eigenvalue weighted by atomic mass is 10.1. The molecular formula is C12H12BrFN2O. The summed E-state index contributed by atoms with van der Waals surface area (Å²) in [4.78, 5) is 13.5. The van der Waals surface area contributed by atoms with Gasteiger partial charge in [-0.2, -0.15) is 0 Å². The summed E-state index contributed by atoms with van der Waals surface area (Å²) in [5.74, 6) is 1.56. The van der Waals surface area contributed by atoms with Crippen molar-refractivity contribution in [1.29, 1.82) is 0 Å². The molecule has 0 aliphatic rings. The first-order chi connectivity index (χ1) is 8.01. The van der Waals surface area contributed by atoms with Gasteiger partial charge in [0.1, 0.15) is 5.82 Å². The van der Waals surface area contributed by atoms with Gasteiger partial charge in [0.15, 0.2) is 0 Å². The number of rotatable bonds is 3. The summed E-state index contributed by atoms with van der Waals surface area (Å²) in [5, 5.41) is 0. The molecule has 0 bridgehead atoms. The average molecular weight is 299 g/mol. The highest BCUT2D eigenvalue weighted by Gasteiger charge is 2.18. The molecule has 0 aromatic heterocycles. The minimum absolute atomic E-state index is 0.0617. The Hall–Kier alpha value is -1.54. The molecule has 1 rings (SSSR count). The first-order valence-corrected chi connectivity index (χ1v) is 5.77. The quantitative estimate of drug-likeness (QED) is 0.687. The highest BCUT2D eigenvalue weighted by atomic mass is 79.9. The highest BCUT2D eigenvalue weighted by molar-refractivity contribution is 9.10. The molecule has 0 unspecified atom stereocenters. The third kappa shape index (κ3) is 2.98. The summed E-state index contributed by atoms with van der Waals surface area (Å²) in [6.07, 6.45) is 5.17. The van der Waals surface area contributed by atoms with Crippen LogP contribution in [0.25, 0.3) is 0 Å². The average Bonchev–Trinajstić information content (AvgIpc) is 2.30. The van der Waals surface area contributed by atoms with Gasteiger partial charge in [-0.25, -0.2) is 4.39 Å². The van der Waals surface area contributed by atoms with Crippen LogP contribution in [-0.4, -0.2) is 23.9 Å². The van der Waals surface area contributed by atoms with Crippen LogP contribution in [0.15, 0.2) is 16.6 Å². The molecule has 2 N–H and O–H groups in total. The van der Waals surface area contributed by atoms with Crippen molar-refractivity contribution in [2.75, 3.05) is 18.8 Å². The number of hydrogen-bond donors (Lipinski definition) is 1. The van der Waals surface area contributed by atoms with Crippen molar-refractivity contribution in [2.45, 2.75) is 6.92 Å². The van der Waals surface area contributed by atoms with Gasteiger partial charge in [-0.3, -0.25) is 4.79 Å². The molecule has 90 valence electrons. The van der Waals surface area contributed by atoms with Gasteiger partial charge in [0.2, 0.25) is 0 Å². The van der Waals surface area contributed by atoms with E-state index in [9.17, 15) is 9.18 Å². The fourth-order valence-electron chi connectivity index (χ4n) is 1.34. The van der Waals surface area contributed by atoms with Crippen molar-refractivity contribution in [3.63, 3.8) is 0 Å². The number of amides is 1. The molecule has 0 saturated carbocycles. The van der Waals surface area contributed by atoms with Gasteiger partial charge in [0.25, 0.3) is 5.91 Å². The molecule has 0 atom stereocenters. The van der Waals surface area contributed by atoms with E-state index >= 15 is 0 Å². The molecule has 1 aromatic carbocycles. The number of terminal acetylenes is 1. The number of nitrogens with zero attached hydrogens (tertiary/aromatic N) is 1. The third-order valence-electron chi connectivity index (χ3n) is 2.27. The first-order valence-electron chi connectivity index (χ1n) is 4.98. The Morgan fingerprint density at radius 2 is 2.29 bits per heavy atom. The number of benzene rings is 1. The van der Waals surface area contributed by atoms with E-state index in [-0.39, 0.29) is 18.1 Å². The first kappa shape index (κ1) is 13.5. The van der Waals surface area contributed by atoms with Crippen LogP contribution in [0.4, 0.5) is 10.1 Å². The second-order valence-electron chi connectivity index (χ2n) is 3.38. The molecule has 1 aromatic rings. The smallest absolute Gasteiger partial charge is 0.255 e. The normalized spacial score (nSPS) is 9.76. The maximum absolute atomic E-state index is 13.1. The Kier molecular flexibility index (Phi) is 4.53. The second-order valence-corrected chi connectivity index (χ2v) is 4.23. The van der Waals surface area contributed by atoms with Crippen LogP contribution in [0.3, 0.4) is 0 Å². The summed E-state index contributed by atoms with van der Waals surface area (Å²) in [7, 11) is 0. The molecule has 3 nitrogen and oxygen atoms in total. The SMILES string of the molecule is C#CCN(CC)C(=O)c1cc(N)c(F)cc1Br. The Labute approximate surface area is 108 Å². The maximum Gasteiger partial charge on any atom is 0.255 e.